The Morgan fingerprint density at radius 1 is 1.26 bits per heavy atom. The standard InChI is InChI=1S/C18H26N2O3/c1-3-13-22-15-16(21)14-19-9-11-20(12-10-19)17-7-5-6-8-18(17)23-4-2/h1,5-8,16,21H,4,9-15H2,2H3. The van der Waals surface area contributed by atoms with Crippen LogP contribution in [0.2, 0.25) is 0 Å². The van der Waals surface area contributed by atoms with E-state index in [1.807, 2.05) is 25.1 Å². The van der Waals surface area contributed by atoms with Gasteiger partial charge >= 0.3 is 0 Å². The minimum absolute atomic E-state index is 0.249. The Bertz CT molecular complexity index is 507. The monoisotopic (exact) mass is 318 g/mol. The molecule has 0 radical (unpaired) electrons. The van der Waals surface area contributed by atoms with Gasteiger partial charge in [0, 0.05) is 32.7 Å². The zero-order valence-corrected chi connectivity index (χ0v) is 13.8. The maximum absolute atomic E-state index is 9.96. The predicted molar refractivity (Wildman–Crippen MR) is 91.9 cm³/mol. The molecule has 2 rings (SSSR count). The second-order valence-corrected chi connectivity index (χ2v) is 5.56. The Kier molecular flexibility index (Phi) is 7.21. The third kappa shape index (κ3) is 5.43. The second kappa shape index (κ2) is 9.41. The number of aliphatic hydroxyl groups excluding tert-OH is 1. The molecule has 1 aliphatic heterocycles. The highest BCUT2D eigenvalue weighted by Gasteiger charge is 2.21. The number of benzene rings is 1. The summed E-state index contributed by atoms with van der Waals surface area (Å²) in [6.45, 7) is 7.48. The van der Waals surface area contributed by atoms with Crippen LogP contribution in [0, 0.1) is 12.3 Å². The van der Waals surface area contributed by atoms with Gasteiger partial charge < -0.3 is 19.5 Å². The fourth-order valence-electron chi connectivity index (χ4n) is 2.77. The molecule has 0 aromatic heterocycles. The van der Waals surface area contributed by atoms with Crippen LogP contribution < -0.4 is 9.64 Å². The number of terminal acetylenes is 1. The number of nitrogens with zero attached hydrogens (tertiary/aromatic N) is 2. The third-order valence-corrected chi connectivity index (χ3v) is 3.84. The molecule has 0 spiro atoms. The van der Waals surface area contributed by atoms with Gasteiger partial charge in [-0.1, -0.05) is 18.1 Å². The summed E-state index contributed by atoms with van der Waals surface area (Å²) in [7, 11) is 0. The van der Waals surface area contributed by atoms with Crippen LogP contribution in [-0.2, 0) is 4.74 Å². The summed E-state index contributed by atoms with van der Waals surface area (Å²) in [6, 6.07) is 8.15. The SMILES string of the molecule is C#CCOCC(O)CN1CCN(c2ccccc2OCC)CC1. The van der Waals surface area contributed by atoms with Gasteiger partial charge in [-0.3, -0.25) is 4.90 Å². The highest BCUT2D eigenvalue weighted by Crippen LogP contribution is 2.28. The molecule has 5 nitrogen and oxygen atoms in total. The van der Waals surface area contributed by atoms with E-state index >= 15 is 0 Å². The summed E-state index contributed by atoms with van der Waals surface area (Å²) in [6.07, 6.45) is 4.63. The maximum Gasteiger partial charge on any atom is 0.142 e. The Labute approximate surface area is 138 Å². The molecule has 0 bridgehead atoms. The van der Waals surface area contributed by atoms with E-state index in [-0.39, 0.29) is 13.2 Å². The third-order valence-electron chi connectivity index (χ3n) is 3.84. The number of hydrogen-bond acceptors (Lipinski definition) is 5. The molecule has 1 fully saturated rings. The molecule has 1 unspecified atom stereocenters. The number of β-amino-alcohol motifs (C(OH)–C–C–N with tert-alkyl or cyclic N) is 1. The first-order valence-electron chi connectivity index (χ1n) is 8.13. The summed E-state index contributed by atoms with van der Waals surface area (Å²) in [5.74, 6) is 3.34. The van der Waals surface area contributed by atoms with E-state index in [0.717, 1.165) is 37.6 Å². The number of anilines is 1. The van der Waals surface area contributed by atoms with Crippen molar-refractivity contribution in [2.45, 2.75) is 13.0 Å². The molecule has 1 aliphatic rings. The van der Waals surface area contributed by atoms with Crippen molar-refractivity contribution in [3.8, 4) is 18.1 Å². The largest absolute Gasteiger partial charge is 0.492 e. The van der Waals surface area contributed by atoms with Gasteiger partial charge in [0.05, 0.1) is 25.0 Å². The Balaban J connectivity index is 1.81. The van der Waals surface area contributed by atoms with E-state index in [0.29, 0.717) is 13.2 Å². The van der Waals surface area contributed by atoms with Crippen LogP contribution in [0.25, 0.3) is 0 Å². The van der Waals surface area contributed by atoms with Gasteiger partial charge in [-0.2, -0.15) is 0 Å². The zero-order valence-electron chi connectivity index (χ0n) is 13.8. The van der Waals surface area contributed by atoms with Gasteiger partial charge in [0.1, 0.15) is 12.4 Å². The number of ether oxygens (including phenoxy) is 2. The lowest BCUT2D eigenvalue weighted by molar-refractivity contribution is 0.0267. The van der Waals surface area contributed by atoms with Crippen molar-refractivity contribution in [2.24, 2.45) is 0 Å². The molecular formula is C18H26N2O3. The quantitative estimate of drug-likeness (QED) is 0.577. The van der Waals surface area contributed by atoms with Gasteiger partial charge in [-0.15, -0.1) is 6.42 Å². The van der Waals surface area contributed by atoms with Gasteiger partial charge in [0.15, 0.2) is 0 Å². The number of piperazine rings is 1. The van der Waals surface area contributed by atoms with E-state index in [2.05, 4.69) is 21.8 Å². The average Bonchev–Trinajstić information content (AvgIpc) is 2.57. The van der Waals surface area contributed by atoms with Gasteiger partial charge in [0.2, 0.25) is 0 Å². The lowest BCUT2D eigenvalue weighted by Crippen LogP contribution is -2.49. The fourth-order valence-corrected chi connectivity index (χ4v) is 2.77. The fraction of sp³-hybridized carbons (Fsp3) is 0.556. The molecule has 1 aromatic carbocycles. The normalized spacial score (nSPS) is 16.8. The summed E-state index contributed by atoms with van der Waals surface area (Å²) in [5.41, 5.74) is 1.15. The Hall–Kier alpha value is -1.74. The van der Waals surface area contributed by atoms with Crippen LogP contribution in [-0.4, -0.2) is 68.7 Å². The molecule has 0 aliphatic carbocycles. The minimum atomic E-state index is -0.495. The Morgan fingerprint density at radius 2 is 2.00 bits per heavy atom. The van der Waals surface area contributed by atoms with E-state index in [9.17, 15) is 5.11 Å². The summed E-state index contributed by atoms with van der Waals surface area (Å²) >= 11 is 0. The van der Waals surface area contributed by atoms with Crippen molar-refractivity contribution >= 4 is 5.69 Å². The van der Waals surface area contributed by atoms with Crippen LogP contribution in [0.5, 0.6) is 5.75 Å². The smallest absolute Gasteiger partial charge is 0.142 e. The molecule has 1 aromatic rings. The average molecular weight is 318 g/mol. The van der Waals surface area contributed by atoms with E-state index < -0.39 is 6.10 Å². The topological polar surface area (TPSA) is 45.2 Å². The number of aliphatic hydroxyl groups is 1. The molecule has 1 N–H and O–H groups in total. The number of para-hydroxylation sites is 2. The first-order valence-corrected chi connectivity index (χ1v) is 8.13. The van der Waals surface area contributed by atoms with Crippen molar-refractivity contribution in [1.82, 2.24) is 4.90 Å². The van der Waals surface area contributed by atoms with Crippen LogP contribution in [0.1, 0.15) is 6.92 Å². The molecule has 5 heteroatoms. The minimum Gasteiger partial charge on any atom is -0.492 e. The molecule has 0 saturated carbocycles. The molecule has 0 amide bonds. The van der Waals surface area contributed by atoms with Crippen LogP contribution in [0.15, 0.2) is 24.3 Å². The predicted octanol–water partition coefficient (Wildman–Crippen LogP) is 1.22. The van der Waals surface area contributed by atoms with Crippen LogP contribution in [0.4, 0.5) is 5.69 Å². The van der Waals surface area contributed by atoms with Crippen molar-refractivity contribution < 1.29 is 14.6 Å². The van der Waals surface area contributed by atoms with Crippen LogP contribution in [0.3, 0.4) is 0 Å². The summed E-state index contributed by atoms with van der Waals surface area (Å²) < 4.78 is 10.9. The second-order valence-electron chi connectivity index (χ2n) is 5.56. The Morgan fingerprint density at radius 3 is 2.70 bits per heavy atom. The molecule has 1 saturated heterocycles. The molecule has 1 atom stereocenters. The van der Waals surface area contributed by atoms with Crippen molar-refractivity contribution in [3.63, 3.8) is 0 Å². The van der Waals surface area contributed by atoms with E-state index in [4.69, 9.17) is 15.9 Å². The van der Waals surface area contributed by atoms with Crippen molar-refractivity contribution in [1.29, 1.82) is 0 Å². The molecule has 23 heavy (non-hydrogen) atoms. The van der Waals surface area contributed by atoms with Gasteiger partial charge in [-0.05, 0) is 19.1 Å². The maximum atomic E-state index is 9.96. The molecular weight excluding hydrogens is 292 g/mol. The number of hydrogen-bond donors (Lipinski definition) is 1. The highest BCUT2D eigenvalue weighted by atomic mass is 16.5. The lowest BCUT2D eigenvalue weighted by Gasteiger charge is -2.37. The van der Waals surface area contributed by atoms with Gasteiger partial charge in [-0.25, -0.2) is 0 Å². The van der Waals surface area contributed by atoms with Crippen molar-refractivity contribution in [2.75, 3.05) is 57.4 Å². The summed E-state index contributed by atoms with van der Waals surface area (Å²) in [5, 5.41) is 9.96. The zero-order chi connectivity index (χ0) is 16.5. The molecule has 1 heterocycles. The van der Waals surface area contributed by atoms with Gasteiger partial charge in [0.25, 0.3) is 0 Å². The molecule has 126 valence electrons. The number of rotatable bonds is 8. The van der Waals surface area contributed by atoms with E-state index in [1.165, 1.54) is 0 Å². The highest BCUT2D eigenvalue weighted by molar-refractivity contribution is 5.58. The lowest BCUT2D eigenvalue weighted by atomic mass is 10.2. The first kappa shape index (κ1) is 17.6. The van der Waals surface area contributed by atoms with Crippen LogP contribution >= 0.6 is 0 Å². The van der Waals surface area contributed by atoms with E-state index in [1.54, 1.807) is 0 Å². The summed E-state index contributed by atoms with van der Waals surface area (Å²) in [4.78, 5) is 4.59. The first-order chi connectivity index (χ1) is 11.2. The van der Waals surface area contributed by atoms with Crippen molar-refractivity contribution in [3.05, 3.63) is 24.3 Å².